The fraction of sp³-hybridized carbons (Fsp3) is 0.211. The Morgan fingerprint density at radius 2 is 2.19 bits per heavy atom. The molecule has 0 spiro atoms. The smallest absolute Gasteiger partial charge is 0.131 e. The number of rotatable bonds is 1. The van der Waals surface area contributed by atoms with Crippen molar-refractivity contribution in [1.82, 2.24) is 4.98 Å². The first-order valence-electron chi connectivity index (χ1n) is 7.19. The van der Waals surface area contributed by atoms with Gasteiger partial charge in [0.1, 0.15) is 12.4 Å². The van der Waals surface area contributed by atoms with Gasteiger partial charge in [0.2, 0.25) is 0 Å². The SMILES string of the molecule is C=C1c2cc(C#CCCC)ccc2OCc2ncccc21. The fourth-order valence-electron chi connectivity index (χ4n) is 2.38. The van der Waals surface area contributed by atoms with Crippen LogP contribution in [-0.2, 0) is 6.61 Å². The van der Waals surface area contributed by atoms with Crippen LogP contribution in [0.5, 0.6) is 5.75 Å². The summed E-state index contributed by atoms with van der Waals surface area (Å²) in [6.45, 7) is 6.83. The molecule has 3 rings (SSSR count). The highest BCUT2D eigenvalue weighted by atomic mass is 16.5. The van der Waals surface area contributed by atoms with Crippen molar-refractivity contribution in [3.63, 3.8) is 0 Å². The summed E-state index contributed by atoms with van der Waals surface area (Å²) in [4.78, 5) is 4.38. The molecule has 0 amide bonds. The van der Waals surface area contributed by atoms with Crippen LogP contribution in [0.2, 0.25) is 0 Å². The van der Waals surface area contributed by atoms with Crippen LogP contribution in [0.1, 0.15) is 42.1 Å². The van der Waals surface area contributed by atoms with Gasteiger partial charge in [-0.25, -0.2) is 0 Å². The van der Waals surface area contributed by atoms with Gasteiger partial charge in [-0.1, -0.05) is 31.4 Å². The van der Waals surface area contributed by atoms with Gasteiger partial charge in [0.05, 0.1) is 5.69 Å². The fourth-order valence-corrected chi connectivity index (χ4v) is 2.38. The number of fused-ring (bicyclic) bond motifs is 2. The highest BCUT2D eigenvalue weighted by Gasteiger charge is 2.18. The Morgan fingerprint density at radius 1 is 1.29 bits per heavy atom. The zero-order valence-corrected chi connectivity index (χ0v) is 12.1. The maximum absolute atomic E-state index is 5.85. The van der Waals surface area contributed by atoms with Crippen LogP contribution in [0.4, 0.5) is 0 Å². The van der Waals surface area contributed by atoms with Crippen LogP contribution in [-0.4, -0.2) is 4.98 Å². The third kappa shape index (κ3) is 2.68. The average Bonchev–Trinajstić information content (AvgIpc) is 2.66. The van der Waals surface area contributed by atoms with Gasteiger partial charge in [0, 0.05) is 29.3 Å². The van der Waals surface area contributed by atoms with Crippen molar-refractivity contribution < 1.29 is 4.74 Å². The van der Waals surface area contributed by atoms with Crippen molar-refractivity contribution >= 4 is 5.57 Å². The Labute approximate surface area is 125 Å². The van der Waals surface area contributed by atoms with E-state index >= 15 is 0 Å². The van der Waals surface area contributed by atoms with E-state index < -0.39 is 0 Å². The lowest BCUT2D eigenvalue weighted by molar-refractivity contribution is 0.302. The Bertz CT molecular complexity index is 750. The van der Waals surface area contributed by atoms with Crippen molar-refractivity contribution in [2.75, 3.05) is 0 Å². The van der Waals surface area contributed by atoms with Gasteiger partial charge in [-0.2, -0.15) is 0 Å². The summed E-state index contributed by atoms with van der Waals surface area (Å²) in [5, 5.41) is 0. The summed E-state index contributed by atoms with van der Waals surface area (Å²) in [5.74, 6) is 7.22. The molecule has 0 fully saturated rings. The van der Waals surface area contributed by atoms with Gasteiger partial charge in [-0.15, -0.1) is 0 Å². The molecule has 0 unspecified atom stereocenters. The minimum Gasteiger partial charge on any atom is -0.487 e. The number of hydrogen-bond acceptors (Lipinski definition) is 2. The van der Waals surface area contributed by atoms with Gasteiger partial charge < -0.3 is 4.74 Å². The Hall–Kier alpha value is -2.53. The van der Waals surface area contributed by atoms with E-state index in [0.717, 1.165) is 46.5 Å². The Balaban J connectivity index is 2.03. The molecule has 104 valence electrons. The Kier molecular flexibility index (Phi) is 3.75. The summed E-state index contributed by atoms with van der Waals surface area (Å²) >= 11 is 0. The lowest BCUT2D eigenvalue weighted by Gasteiger charge is -2.08. The lowest BCUT2D eigenvalue weighted by atomic mass is 9.97. The highest BCUT2D eigenvalue weighted by molar-refractivity contribution is 5.83. The summed E-state index contributed by atoms with van der Waals surface area (Å²) in [5.41, 5.74) is 4.93. The van der Waals surface area contributed by atoms with Gasteiger partial charge >= 0.3 is 0 Å². The minimum absolute atomic E-state index is 0.475. The van der Waals surface area contributed by atoms with Gasteiger partial charge in [-0.3, -0.25) is 4.98 Å². The number of aromatic nitrogens is 1. The van der Waals surface area contributed by atoms with Crippen molar-refractivity contribution in [3.8, 4) is 17.6 Å². The van der Waals surface area contributed by atoms with E-state index in [-0.39, 0.29) is 0 Å². The summed E-state index contributed by atoms with van der Waals surface area (Å²) in [6.07, 6.45) is 3.78. The maximum atomic E-state index is 5.85. The zero-order valence-electron chi connectivity index (χ0n) is 12.1. The number of nitrogens with zero attached hydrogens (tertiary/aromatic N) is 1. The lowest BCUT2D eigenvalue weighted by Crippen LogP contribution is -1.98. The first-order valence-corrected chi connectivity index (χ1v) is 7.19. The third-order valence-electron chi connectivity index (χ3n) is 3.49. The van der Waals surface area contributed by atoms with E-state index in [1.54, 1.807) is 6.20 Å². The van der Waals surface area contributed by atoms with Crippen LogP contribution in [0, 0.1) is 11.8 Å². The molecule has 1 aromatic carbocycles. The van der Waals surface area contributed by atoms with Crippen LogP contribution >= 0.6 is 0 Å². The molecular formula is C19H17NO. The molecule has 21 heavy (non-hydrogen) atoms. The van der Waals surface area contributed by atoms with E-state index in [4.69, 9.17) is 4.74 Å². The van der Waals surface area contributed by atoms with Gasteiger partial charge in [-0.05, 0) is 36.3 Å². The second-order valence-corrected chi connectivity index (χ2v) is 5.03. The van der Waals surface area contributed by atoms with E-state index in [2.05, 4.69) is 36.4 Å². The molecule has 0 bridgehead atoms. The Morgan fingerprint density at radius 3 is 3.05 bits per heavy atom. The van der Waals surface area contributed by atoms with E-state index in [0.29, 0.717) is 6.61 Å². The second-order valence-electron chi connectivity index (χ2n) is 5.03. The molecule has 2 aromatic rings. The van der Waals surface area contributed by atoms with Gasteiger partial charge in [0.25, 0.3) is 0 Å². The van der Waals surface area contributed by atoms with Crippen molar-refractivity contribution in [1.29, 1.82) is 0 Å². The predicted molar refractivity (Wildman–Crippen MR) is 84.9 cm³/mol. The molecule has 1 aliphatic heterocycles. The van der Waals surface area contributed by atoms with Crippen LogP contribution in [0.25, 0.3) is 5.57 Å². The monoisotopic (exact) mass is 275 g/mol. The second kappa shape index (κ2) is 5.85. The number of benzene rings is 1. The molecule has 0 aliphatic carbocycles. The number of pyridine rings is 1. The van der Waals surface area contributed by atoms with Crippen LogP contribution < -0.4 is 4.74 Å². The maximum Gasteiger partial charge on any atom is 0.131 e. The molecule has 0 radical (unpaired) electrons. The molecule has 1 aromatic heterocycles. The normalized spacial score (nSPS) is 12.3. The first kappa shape index (κ1) is 13.5. The molecule has 0 saturated carbocycles. The summed E-state index contributed by atoms with van der Waals surface area (Å²) in [6, 6.07) is 10.0. The number of unbranched alkanes of at least 4 members (excludes halogenated alkanes) is 1. The first-order chi connectivity index (χ1) is 10.3. The molecule has 2 nitrogen and oxygen atoms in total. The van der Waals surface area contributed by atoms with Crippen molar-refractivity contribution in [2.24, 2.45) is 0 Å². The zero-order chi connectivity index (χ0) is 14.7. The van der Waals surface area contributed by atoms with Crippen LogP contribution in [0.15, 0.2) is 43.1 Å². The average molecular weight is 275 g/mol. The highest BCUT2D eigenvalue weighted by Crippen LogP contribution is 2.35. The molecular weight excluding hydrogens is 258 g/mol. The van der Waals surface area contributed by atoms with E-state index in [1.807, 2.05) is 24.3 Å². The summed E-state index contributed by atoms with van der Waals surface area (Å²) < 4.78 is 5.85. The van der Waals surface area contributed by atoms with Crippen LogP contribution in [0.3, 0.4) is 0 Å². The standard InChI is InChI=1S/C19H17NO/c1-3-4-5-7-15-9-10-19-17(12-15)14(2)16-8-6-11-20-18(16)13-21-19/h6,8-12H,2-4,13H2,1H3. The molecule has 0 saturated heterocycles. The largest absolute Gasteiger partial charge is 0.487 e. The van der Waals surface area contributed by atoms with E-state index in [9.17, 15) is 0 Å². The molecule has 0 N–H and O–H groups in total. The van der Waals surface area contributed by atoms with Crippen molar-refractivity contribution in [3.05, 3.63) is 65.5 Å². The quantitative estimate of drug-likeness (QED) is 0.728. The molecule has 2 heteroatoms. The third-order valence-corrected chi connectivity index (χ3v) is 3.49. The van der Waals surface area contributed by atoms with Crippen molar-refractivity contribution in [2.45, 2.75) is 26.4 Å². The number of ether oxygens (including phenoxy) is 1. The molecule has 0 atom stereocenters. The summed E-state index contributed by atoms with van der Waals surface area (Å²) in [7, 11) is 0. The topological polar surface area (TPSA) is 22.1 Å². The minimum atomic E-state index is 0.475. The van der Waals surface area contributed by atoms with Gasteiger partial charge in [0.15, 0.2) is 0 Å². The van der Waals surface area contributed by atoms with E-state index in [1.165, 1.54) is 0 Å². The number of hydrogen-bond donors (Lipinski definition) is 0. The molecule has 1 aliphatic rings. The predicted octanol–water partition coefficient (Wildman–Crippen LogP) is 4.19. The molecule has 2 heterocycles.